The lowest BCUT2D eigenvalue weighted by Gasteiger charge is -2.05. The third-order valence-corrected chi connectivity index (χ3v) is 2.52. The van der Waals surface area contributed by atoms with Crippen molar-refractivity contribution in [2.45, 2.75) is 6.92 Å². The van der Waals surface area contributed by atoms with Crippen LogP contribution in [0.5, 0.6) is 0 Å². The highest BCUT2D eigenvalue weighted by atomic mass is 16.6. The van der Waals surface area contributed by atoms with Crippen molar-refractivity contribution in [1.82, 2.24) is 9.55 Å². The summed E-state index contributed by atoms with van der Waals surface area (Å²) in [7, 11) is 0. The van der Waals surface area contributed by atoms with Crippen molar-refractivity contribution in [1.29, 1.82) is 0 Å². The molecule has 0 spiro atoms. The summed E-state index contributed by atoms with van der Waals surface area (Å²) in [5.74, 6) is 0.246. The predicted octanol–water partition coefficient (Wildman–Crippen LogP) is 1.36. The second-order valence-electron chi connectivity index (χ2n) is 3.92. The molecule has 0 amide bonds. The van der Waals surface area contributed by atoms with Crippen molar-refractivity contribution in [3.05, 3.63) is 66.7 Å². The lowest BCUT2D eigenvalue weighted by atomic mass is 10.3. The summed E-state index contributed by atoms with van der Waals surface area (Å²) >= 11 is 0. The summed E-state index contributed by atoms with van der Waals surface area (Å²) in [6, 6.07) is 4.87. The molecule has 0 aliphatic rings. The molecular formula is C11H8N4O5. The van der Waals surface area contributed by atoms with E-state index in [4.69, 9.17) is 0 Å². The Hall–Kier alpha value is -3.10. The van der Waals surface area contributed by atoms with E-state index in [-0.39, 0.29) is 5.82 Å². The smallest absolute Gasteiger partial charge is 0.295 e. The van der Waals surface area contributed by atoms with Gasteiger partial charge in [0.25, 0.3) is 0 Å². The first-order valence-corrected chi connectivity index (χ1v) is 5.39. The maximum atomic E-state index is 11.6. The number of nitrogens with zero attached hydrogens (tertiary/aromatic N) is 4. The molecule has 2 aromatic heterocycles. The number of rotatable bonds is 3. The number of hydrogen-bond acceptors (Lipinski definition) is 6. The Balaban J connectivity index is 2.75. The van der Waals surface area contributed by atoms with Crippen LogP contribution in [0.4, 0.5) is 11.4 Å². The Bertz CT molecular complexity index is 729. The van der Waals surface area contributed by atoms with Crippen molar-refractivity contribution in [3.8, 4) is 5.82 Å². The number of hydrogen-bond donors (Lipinski definition) is 0. The SMILES string of the molecule is Cc1cccc(-n2cc([N+](=O)[O-])c(=O)c([N+](=O)[O-])c2)n1. The van der Waals surface area contributed by atoms with Gasteiger partial charge in [0.15, 0.2) is 0 Å². The number of aromatic nitrogens is 2. The predicted molar refractivity (Wildman–Crippen MR) is 67.9 cm³/mol. The summed E-state index contributed by atoms with van der Waals surface area (Å²) in [5, 5.41) is 21.6. The van der Waals surface area contributed by atoms with E-state index in [1.165, 1.54) is 6.07 Å². The van der Waals surface area contributed by atoms with Gasteiger partial charge in [-0.3, -0.25) is 29.6 Å². The van der Waals surface area contributed by atoms with Crippen LogP contribution < -0.4 is 5.43 Å². The quantitative estimate of drug-likeness (QED) is 0.616. The van der Waals surface area contributed by atoms with E-state index in [0.717, 1.165) is 17.0 Å². The topological polar surface area (TPSA) is 121 Å². The highest BCUT2D eigenvalue weighted by Gasteiger charge is 2.25. The van der Waals surface area contributed by atoms with E-state index in [2.05, 4.69) is 4.98 Å². The third kappa shape index (κ3) is 2.36. The molecule has 9 nitrogen and oxygen atoms in total. The molecule has 102 valence electrons. The first-order valence-electron chi connectivity index (χ1n) is 5.39. The molecule has 0 saturated heterocycles. The fourth-order valence-corrected chi connectivity index (χ4v) is 1.61. The summed E-state index contributed by atoms with van der Waals surface area (Å²) < 4.78 is 1.09. The third-order valence-electron chi connectivity index (χ3n) is 2.52. The van der Waals surface area contributed by atoms with E-state index in [1.54, 1.807) is 19.1 Å². The van der Waals surface area contributed by atoms with Gasteiger partial charge in [0.1, 0.15) is 5.82 Å². The number of pyridine rings is 2. The fraction of sp³-hybridized carbons (Fsp3) is 0.0909. The van der Waals surface area contributed by atoms with Crippen LogP contribution in [0.3, 0.4) is 0 Å². The zero-order chi connectivity index (χ0) is 14.9. The van der Waals surface area contributed by atoms with Gasteiger partial charge in [-0.25, -0.2) is 4.98 Å². The van der Waals surface area contributed by atoms with Crippen LogP contribution in [0, 0.1) is 27.2 Å². The highest BCUT2D eigenvalue weighted by Crippen LogP contribution is 2.15. The van der Waals surface area contributed by atoms with Gasteiger partial charge in [0.2, 0.25) is 0 Å². The molecule has 0 aliphatic heterocycles. The minimum Gasteiger partial charge on any atom is -0.295 e. The Morgan fingerprint density at radius 2 is 1.65 bits per heavy atom. The molecule has 0 aliphatic carbocycles. The van der Waals surface area contributed by atoms with Crippen molar-refractivity contribution in [3.63, 3.8) is 0 Å². The Kier molecular flexibility index (Phi) is 3.25. The summed E-state index contributed by atoms with van der Waals surface area (Å²) in [6.07, 6.45) is 1.83. The van der Waals surface area contributed by atoms with Gasteiger partial charge in [-0.1, -0.05) is 6.07 Å². The maximum Gasteiger partial charge on any atom is 0.340 e. The van der Waals surface area contributed by atoms with Crippen LogP contribution in [-0.2, 0) is 0 Å². The van der Waals surface area contributed by atoms with Gasteiger partial charge in [-0.2, -0.15) is 0 Å². The van der Waals surface area contributed by atoms with Crippen LogP contribution in [-0.4, -0.2) is 19.4 Å². The summed E-state index contributed by atoms with van der Waals surface area (Å²) in [4.78, 5) is 35.4. The average molecular weight is 276 g/mol. The molecule has 0 radical (unpaired) electrons. The maximum absolute atomic E-state index is 11.6. The Labute approximate surface area is 111 Å². The van der Waals surface area contributed by atoms with Gasteiger partial charge in [0, 0.05) is 5.69 Å². The molecule has 0 aromatic carbocycles. The van der Waals surface area contributed by atoms with Gasteiger partial charge in [-0.05, 0) is 19.1 Å². The largest absolute Gasteiger partial charge is 0.340 e. The molecule has 2 aromatic rings. The Morgan fingerprint density at radius 1 is 1.10 bits per heavy atom. The molecule has 0 atom stereocenters. The zero-order valence-electron chi connectivity index (χ0n) is 10.2. The first kappa shape index (κ1) is 13.3. The molecule has 2 rings (SSSR count). The van der Waals surface area contributed by atoms with Crippen LogP contribution in [0.25, 0.3) is 5.82 Å². The van der Waals surface area contributed by atoms with Crippen LogP contribution in [0.1, 0.15) is 5.69 Å². The van der Waals surface area contributed by atoms with Crippen LogP contribution >= 0.6 is 0 Å². The van der Waals surface area contributed by atoms with Gasteiger partial charge >= 0.3 is 16.8 Å². The van der Waals surface area contributed by atoms with E-state index in [9.17, 15) is 25.0 Å². The van der Waals surface area contributed by atoms with Crippen molar-refractivity contribution >= 4 is 11.4 Å². The average Bonchev–Trinajstić information content (AvgIpc) is 2.38. The second-order valence-corrected chi connectivity index (χ2v) is 3.92. The van der Waals surface area contributed by atoms with E-state index in [0.29, 0.717) is 5.69 Å². The van der Waals surface area contributed by atoms with Crippen LogP contribution in [0.2, 0.25) is 0 Å². The molecule has 0 N–H and O–H groups in total. The normalized spacial score (nSPS) is 10.2. The molecule has 0 bridgehead atoms. The Morgan fingerprint density at radius 3 is 2.10 bits per heavy atom. The fourth-order valence-electron chi connectivity index (χ4n) is 1.61. The second kappa shape index (κ2) is 4.88. The van der Waals surface area contributed by atoms with E-state index >= 15 is 0 Å². The zero-order valence-corrected chi connectivity index (χ0v) is 10.2. The summed E-state index contributed by atoms with van der Waals surface area (Å²) in [5.41, 5.74) is -2.35. The lowest BCUT2D eigenvalue weighted by Crippen LogP contribution is -2.16. The molecule has 0 unspecified atom stereocenters. The van der Waals surface area contributed by atoms with E-state index in [1.807, 2.05) is 0 Å². The first-order chi connectivity index (χ1) is 9.40. The molecule has 0 fully saturated rings. The van der Waals surface area contributed by atoms with Gasteiger partial charge in [0.05, 0.1) is 22.2 Å². The summed E-state index contributed by atoms with van der Waals surface area (Å²) in [6.45, 7) is 1.70. The standard InChI is InChI=1S/C11H8N4O5/c1-7-3-2-4-10(12-7)13-5-8(14(17)18)11(16)9(6-13)15(19)20/h2-6H,1H3. The molecule has 2 heterocycles. The molecule has 20 heavy (non-hydrogen) atoms. The highest BCUT2D eigenvalue weighted by molar-refractivity contribution is 5.42. The van der Waals surface area contributed by atoms with Crippen molar-refractivity contribution in [2.24, 2.45) is 0 Å². The number of aryl methyl sites for hydroxylation is 1. The van der Waals surface area contributed by atoms with Gasteiger partial charge in [-0.15, -0.1) is 0 Å². The minimum atomic E-state index is -1.23. The van der Waals surface area contributed by atoms with E-state index < -0.39 is 26.7 Å². The van der Waals surface area contributed by atoms with Crippen LogP contribution in [0.15, 0.2) is 35.4 Å². The van der Waals surface area contributed by atoms with Crippen molar-refractivity contribution in [2.75, 3.05) is 0 Å². The number of nitro groups is 2. The lowest BCUT2D eigenvalue weighted by molar-refractivity contribution is -0.397. The monoisotopic (exact) mass is 276 g/mol. The molecule has 0 saturated carbocycles. The minimum absolute atomic E-state index is 0.246. The molecule has 9 heteroatoms. The van der Waals surface area contributed by atoms with Crippen molar-refractivity contribution < 1.29 is 9.85 Å². The molecular weight excluding hydrogens is 268 g/mol. The van der Waals surface area contributed by atoms with Gasteiger partial charge < -0.3 is 0 Å².